The number of amides is 1. The van der Waals surface area contributed by atoms with Gasteiger partial charge in [-0.1, -0.05) is 42.6 Å². The topological polar surface area (TPSA) is 58.5 Å². The van der Waals surface area contributed by atoms with Gasteiger partial charge in [0.2, 0.25) is 0 Å². The first kappa shape index (κ1) is 24.9. The van der Waals surface area contributed by atoms with Gasteiger partial charge in [0.15, 0.2) is 0 Å². The smallest absolute Gasteiger partial charge is 0.352 e. The van der Waals surface area contributed by atoms with Crippen molar-refractivity contribution in [3.8, 4) is 0 Å². The quantitative estimate of drug-likeness (QED) is 0.324. The van der Waals surface area contributed by atoms with E-state index in [1.165, 1.54) is 24.3 Å². The number of unbranched alkanes of at least 4 members (excludes halogenated alkanes) is 1. The van der Waals surface area contributed by atoms with Crippen molar-refractivity contribution < 1.29 is 18.0 Å². The summed E-state index contributed by atoms with van der Waals surface area (Å²) < 4.78 is 41.3. The molecule has 1 atom stereocenters. The van der Waals surface area contributed by atoms with Crippen LogP contribution in [0.1, 0.15) is 52.7 Å². The highest BCUT2D eigenvalue weighted by molar-refractivity contribution is 6.34. The normalized spacial score (nSPS) is 13.1. The van der Waals surface area contributed by atoms with Gasteiger partial charge in [0.25, 0.3) is 5.91 Å². The van der Waals surface area contributed by atoms with Crippen LogP contribution in [0, 0.1) is 11.8 Å². The second-order valence-corrected chi connectivity index (χ2v) is 7.88. The molecular formula is C22H21Cl2F3N2O2. The van der Waals surface area contributed by atoms with Crippen molar-refractivity contribution in [3.63, 3.8) is 0 Å². The summed E-state index contributed by atoms with van der Waals surface area (Å²) >= 11 is 11.7. The second kappa shape index (κ2) is 10.8. The maximum absolute atomic E-state index is 13.8. The molecule has 1 N–H and O–H groups in total. The highest BCUT2D eigenvalue weighted by Gasteiger charge is 2.40. The van der Waals surface area contributed by atoms with Gasteiger partial charge >= 0.3 is 6.18 Å². The van der Waals surface area contributed by atoms with Crippen LogP contribution in [0.4, 0.5) is 13.2 Å². The minimum atomic E-state index is -4.71. The summed E-state index contributed by atoms with van der Waals surface area (Å²) in [5.41, 5.74) is 0.434. The Morgan fingerprint density at radius 2 is 1.81 bits per heavy atom. The van der Waals surface area contributed by atoms with Gasteiger partial charge in [0, 0.05) is 27.7 Å². The Hall–Kier alpha value is -2.38. The lowest BCUT2D eigenvalue weighted by Crippen LogP contribution is -2.25. The molecule has 0 saturated heterocycles. The summed E-state index contributed by atoms with van der Waals surface area (Å²) in [7, 11) is 0. The van der Waals surface area contributed by atoms with Gasteiger partial charge in [-0.3, -0.25) is 4.79 Å². The number of nitrogens with zero attached hydrogens (tertiary/aromatic N) is 1. The summed E-state index contributed by atoms with van der Waals surface area (Å²) in [5.74, 6) is -2.43. The summed E-state index contributed by atoms with van der Waals surface area (Å²) in [6, 6.07) is 7.91. The van der Waals surface area contributed by atoms with Gasteiger partial charge in [-0.25, -0.2) is 0 Å². The van der Waals surface area contributed by atoms with E-state index in [2.05, 4.69) is 10.5 Å². The van der Waals surface area contributed by atoms with Crippen molar-refractivity contribution in [2.45, 2.75) is 38.8 Å². The number of halogens is 5. The van der Waals surface area contributed by atoms with Gasteiger partial charge in [0.05, 0.1) is 0 Å². The highest BCUT2D eigenvalue weighted by atomic mass is 35.5. The lowest BCUT2D eigenvalue weighted by molar-refractivity contribution is -0.139. The van der Waals surface area contributed by atoms with E-state index in [4.69, 9.17) is 23.2 Å². The first-order chi connectivity index (χ1) is 14.6. The molecule has 1 unspecified atom stereocenters. The van der Waals surface area contributed by atoms with E-state index in [0.29, 0.717) is 17.7 Å². The van der Waals surface area contributed by atoms with Crippen LogP contribution in [-0.2, 0) is 0 Å². The van der Waals surface area contributed by atoms with Crippen molar-refractivity contribution in [2.75, 3.05) is 6.54 Å². The Balaban J connectivity index is 2.43. The van der Waals surface area contributed by atoms with Crippen LogP contribution in [0.2, 0.25) is 10.0 Å². The van der Waals surface area contributed by atoms with E-state index >= 15 is 0 Å². The van der Waals surface area contributed by atoms with Crippen molar-refractivity contribution in [1.82, 2.24) is 5.32 Å². The zero-order valence-electron chi connectivity index (χ0n) is 16.9. The van der Waals surface area contributed by atoms with E-state index in [9.17, 15) is 22.9 Å². The molecule has 0 aromatic heterocycles. The van der Waals surface area contributed by atoms with Gasteiger partial charge < -0.3 is 5.32 Å². The maximum atomic E-state index is 13.8. The lowest BCUT2D eigenvalue weighted by Gasteiger charge is -2.18. The fourth-order valence-electron chi connectivity index (χ4n) is 3.02. The minimum absolute atomic E-state index is 0.0417. The van der Waals surface area contributed by atoms with Crippen molar-refractivity contribution in [3.05, 3.63) is 79.7 Å². The molecule has 2 aromatic carbocycles. The number of hydrogen-bond donors (Lipinski definition) is 1. The molecule has 2 rings (SSSR count). The lowest BCUT2D eigenvalue weighted by atomic mass is 9.95. The summed E-state index contributed by atoms with van der Waals surface area (Å²) in [6.07, 6.45) is -2.23. The largest absolute Gasteiger partial charge is 0.399 e. The number of nitrogens with one attached hydrogen (secondary N) is 1. The number of benzene rings is 2. The zero-order chi connectivity index (χ0) is 23.2. The van der Waals surface area contributed by atoms with E-state index in [1.807, 2.05) is 6.92 Å². The molecule has 0 bridgehead atoms. The standard InChI is InChI=1S/C22H21Cl2F3N2O2/c1-3-4-7-28-21(30)18-6-5-14(8-13(18)2)20(29-31)12-19(22(25,26)27)15-9-16(23)11-17(24)10-15/h5-6,8-12,19H,3-4,7H2,1-2H3,(H,28,30)/b20-12-. The molecule has 9 heteroatoms. The molecule has 0 heterocycles. The summed E-state index contributed by atoms with van der Waals surface area (Å²) in [4.78, 5) is 23.7. The number of nitroso groups, excluding NO2 is 1. The Bertz CT molecular complexity index is 971. The van der Waals surface area contributed by atoms with E-state index in [1.54, 1.807) is 6.92 Å². The van der Waals surface area contributed by atoms with Crippen LogP contribution in [0.5, 0.6) is 0 Å². The molecule has 0 saturated carbocycles. The molecular weight excluding hydrogens is 452 g/mol. The highest BCUT2D eigenvalue weighted by Crippen LogP contribution is 2.40. The average molecular weight is 473 g/mol. The third kappa shape index (κ3) is 6.80. The molecule has 0 aliphatic carbocycles. The van der Waals surface area contributed by atoms with E-state index in [-0.39, 0.29) is 27.1 Å². The second-order valence-electron chi connectivity index (χ2n) is 7.00. The molecule has 0 aliphatic rings. The SMILES string of the molecule is CCCCNC(=O)c1ccc(/C(=C/C(c2cc(Cl)cc(Cl)c2)C(F)(F)F)N=O)cc1C. The van der Waals surface area contributed by atoms with Crippen molar-refractivity contribution in [2.24, 2.45) is 5.18 Å². The molecule has 1 amide bonds. The molecule has 0 fully saturated rings. The number of aryl methyl sites for hydroxylation is 1. The van der Waals surface area contributed by atoms with E-state index < -0.39 is 17.8 Å². The number of hydrogen-bond acceptors (Lipinski definition) is 3. The first-order valence-corrected chi connectivity index (χ1v) is 10.3. The number of carbonyl (C=O) groups is 1. The number of rotatable bonds is 8. The monoisotopic (exact) mass is 472 g/mol. The minimum Gasteiger partial charge on any atom is -0.352 e. The molecule has 0 radical (unpaired) electrons. The third-order valence-electron chi connectivity index (χ3n) is 4.60. The van der Waals surface area contributed by atoms with Crippen LogP contribution >= 0.6 is 23.2 Å². The van der Waals surface area contributed by atoms with Crippen LogP contribution in [-0.4, -0.2) is 18.6 Å². The van der Waals surface area contributed by atoms with Crippen molar-refractivity contribution in [1.29, 1.82) is 0 Å². The van der Waals surface area contributed by atoms with E-state index in [0.717, 1.165) is 31.1 Å². The number of carbonyl (C=O) groups excluding carboxylic acids is 1. The van der Waals surface area contributed by atoms with Gasteiger partial charge in [-0.2, -0.15) is 13.2 Å². The Morgan fingerprint density at radius 1 is 1.16 bits per heavy atom. The molecule has 0 aliphatic heterocycles. The molecule has 2 aromatic rings. The van der Waals surface area contributed by atoms with Crippen LogP contribution in [0.25, 0.3) is 5.70 Å². The predicted octanol–water partition coefficient (Wildman–Crippen LogP) is 7.29. The van der Waals surface area contributed by atoms with Crippen LogP contribution in [0.3, 0.4) is 0 Å². The van der Waals surface area contributed by atoms with Crippen LogP contribution < -0.4 is 5.32 Å². The van der Waals surface area contributed by atoms with Crippen molar-refractivity contribution >= 4 is 34.8 Å². The van der Waals surface area contributed by atoms with Gasteiger partial charge in [0.1, 0.15) is 11.6 Å². The Labute approximate surface area is 188 Å². The fraction of sp³-hybridized carbons (Fsp3) is 0.318. The molecule has 0 spiro atoms. The number of alkyl halides is 3. The molecule has 4 nitrogen and oxygen atoms in total. The molecule has 31 heavy (non-hydrogen) atoms. The summed E-state index contributed by atoms with van der Waals surface area (Å²) in [5, 5.41) is 5.66. The Morgan fingerprint density at radius 3 is 2.32 bits per heavy atom. The Kier molecular flexibility index (Phi) is 8.65. The first-order valence-electron chi connectivity index (χ1n) is 9.54. The summed E-state index contributed by atoms with van der Waals surface area (Å²) in [6.45, 7) is 4.16. The average Bonchev–Trinajstić information content (AvgIpc) is 2.67. The third-order valence-corrected chi connectivity index (χ3v) is 5.04. The van der Waals surface area contributed by atoms with Gasteiger partial charge in [-0.05, 0) is 66.1 Å². The number of allylic oxidation sites excluding steroid dienone is 1. The zero-order valence-corrected chi connectivity index (χ0v) is 18.4. The van der Waals surface area contributed by atoms with Crippen LogP contribution in [0.15, 0.2) is 47.7 Å². The fourth-order valence-corrected chi connectivity index (χ4v) is 3.57. The predicted molar refractivity (Wildman–Crippen MR) is 117 cm³/mol. The molecule has 166 valence electrons. The van der Waals surface area contributed by atoms with Gasteiger partial charge in [-0.15, -0.1) is 4.91 Å². The maximum Gasteiger partial charge on any atom is 0.399 e.